The zero-order chi connectivity index (χ0) is 18.9. The van der Waals surface area contributed by atoms with Gasteiger partial charge in [0.1, 0.15) is 11.3 Å². The van der Waals surface area contributed by atoms with Crippen LogP contribution < -0.4 is 5.73 Å². The number of imidazole rings is 1. The lowest BCUT2D eigenvalue weighted by Crippen LogP contribution is -2.27. The number of anilines is 1. The third kappa shape index (κ3) is 3.70. The molecule has 0 spiro atoms. The smallest absolute Gasteiger partial charge is 0.214 e. The van der Waals surface area contributed by atoms with E-state index < -0.39 is 10.0 Å². The Kier molecular flexibility index (Phi) is 5.50. The number of ether oxygens (including phenoxy) is 1. The van der Waals surface area contributed by atoms with Gasteiger partial charge in [-0.25, -0.2) is 22.7 Å². The standard InChI is InChI=1S/C17H27N5O3S/c1-12-13(2)19-17(18)15-16(12)22(14(3)20-15)8-10-25-9-4-6-21-7-5-11-26(21,23)24/h4-11H2,1-3H3,(H2,18,19). The minimum atomic E-state index is -3.01. The van der Waals surface area contributed by atoms with Gasteiger partial charge in [0.15, 0.2) is 5.82 Å². The van der Waals surface area contributed by atoms with Crippen LogP contribution in [-0.4, -0.2) is 59.3 Å². The van der Waals surface area contributed by atoms with E-state index >= 15 is 0 Å². The Labute approximate surface area is 154 Å². The number of nitrogen functional groups attached to an aromatic ring is 1. The molecular formula is C17H27N5O3S. The number of nitrogens with two attached hydrogens (primary N) is 1. The van der Waals surface area contributed by atoms with Crippen LogP contribution in [0.1, 0.15) is 29.9 Å². The average molecular weight is 382 g/mol. The van der Waals surface area contributed by atoms with Gasteiger partial charge in [0.05, 0.1) is 17.9 Å². The molecule has 9 heteroatoms. The van der Waals surface area contributed by atoms with E-state index in [1.165, 1.54) is 0 Å². The van der Waals surface area contributed by atoms with E-state index in [0.29, 0.717) is 45.1 Å². The molecule has 1 aliphatic rings. The van der Waals surface area contributed by atoms with Crippen molar-refractivity contribution >= 4 is 26.9 Å². The summed E-state index contributed by atoms with van der Waals surface area (Å²) < 4.78 is 32.9. The van der Waals surface area contributed by atoms with Gasteiger partial charge < -0.3 is 15.0 Å². The van der Waals surface area contributed by atoms with Crippen LogP contribution in [0.5, 0.6) is 0 Å². The fraction of sp³-hybridized carbons (Fsp3) is 0.647. The molecule has 8 nitrogen and oxygen atoms in total. The van der Waals surface area contributed by atoms with Gasteiger partial charge in [-0.15, -0.1) is 0 Å². The van der Waals surface area contributed by atoms with Gasteiger partial charge in [0.2, 0.25) is 10.0 Å². The molecule has 0 atom stereocenters. The number of aromatic nitrogens is 3. The van der Waals surface area contributed by atoms with E-state index in [-0.39, 0.29) is 5.75 Å². The van der Waals surface area contributed by atoms with Crippen molar-refractivity contribution in [3.8, 4) is 0 Å². The van der Waals surface area contributed by atoms with E-state index in [1.54, 1.807) is 4.31 Å². The molecule has 3 heterocycles. The van der Waals surface area contributed by atoms with Gasteiger partial charge in [-0.05, 0) is 39.2 Å². The number of sulfonamides is 1. The zero-order valence-electron chi connectivity index (χ0n) is 15.7. The topological polar surface area (TPSA) is 103 Å². The van der Waals surface area contributed by atoms with E-state index in [2.05, 4.69) is 14.5 Å². The summed E-state index contributed by atoms with van der Waals surface area (Å²) >= 11 is 0. The monoisotopic (exact) mass is 381 g/mol. The Balaban J connectivity index is 1.55. The molecule has 2 N–H and O–H groups in total. The Hall–Kier alpha value is -1.71. The summed E-state index contributed by atoms with van der Waals surface area (Å²) in [4.78, 5) is 8.89. The van der Waals surface area contributed by atoms with Crippen molar-refractivity contribution in [2.75, 3.05) is 37.8 Å². The van der Waals surface area contributed by atoms with Gasteiger partial charge in [0.25, 0.3) is 0 Å². The second-order valence-electron chi connectivity index (χ2n) is 6.75. The quantitative estimate of drug-likeness (QED) is 0.727. The Morgan fingerprint density at radius 1 is 1.15 bits per heavy atom. The molecule has 2 aromatic heterocycles. The SMILES string of the molecule is Cc1nc(N)c2nc(C)n(CCOCCCN3CCCS3(=O)=O)c2c1C. The van der Waals surface area contributed by atoms with Gasteiger partial charge in [-0.3, -0.25) is 0 Å². The number of pyridine rings is 1. The van der Waals surface area contributed by atoms with Gasteiger partial charge in [0, 0.05) is 31.9 Å². The Morgan fingerprint density at radius 2 is 1.92 bits per heavy atom. The van der Waals surface area contributed by atoms with Crippen molar-refractivity contribution < 1.29 is 13.2 Å². The third-order valence-electron chi connectivity index (χ3n) is 4.95. The van der Waals surface area contributed by atoms with Crippen LogP contribution >= 0.6 is 0 Å². The predicted octanol–water partition coefficient (Wildman–Crippen LogP) is 1.38. The number of aryl methyl sites for hydroxylation is 3. The first kappa shape index (κ1) is 19.1. The molecular weight excluding hydrogens is 354 g/mol. The number of rotatable bonds is 7. The molecule has 26 heavy (non-hydrogen) atoms. The van der Waals surface area contributed by atoms with Crippen LogP contribution in [0.4, 0.5) is 5.82 Å². The fourth-order valence-corrected chi connectivity index (χ4v) is 5.00. The molecule has 3 rings (SSSR count). The lowest BCUT2D eigenvalue weighted by Gasteiger charge is -2.14. The summed E-state index contributed by atoms with van der Waals surface area (Å²) in [6.45, 7) is 8.85. The van der Waals surface area contributed by atoms with Crippen LogP contribution in [0.15, 0.2) is 0 Å². The molecule has 1 fully saturated rings. The van der Waals surface area contributed by atoms with Gasteiger partial charge >= 0.3 is 0 Å². The highest BCUT2D eigenvalue weighted by Crippen LogP contribution is 2.25. The maximum atomic E-state index is 11.7. The van der Waals surface area contributed by atoms with Gasteiger partial charge in [-0.2, -0.15) is 0 Å². The largest absolute Gasteiger partial charge is 0.382 e. The van der Waals surface area contributed by atoms with E-state index in [1.807, 2.05) is 20.8 Å². The van der Waals surface area contributed by atoms with Crippen LogP contribution in [-0.2, 0) is 21.3 Å². The zero-order valence-corrected chi connectivity index (χ0v) is 16.5. The van der Waals surface area contributed by atoms with Crippen LogP contribution in [0.2, 0.25) is 0 Å². The second-order valence-corrected chi connectivity index (χ2v) is 8.84. The molecule has 0 bridgehead atoms. The molecule has 0 aromatic carbocycles. The first-order valence-electron chi connectivity index (χ1n) is 8.96. The molecule has 144 valence electrons. The van der Waals surface area contributed by atoms with Crippen molar-refractivity contribution in [1.82, 2.24) is 18.8 Å². The van der Waals surface area contributed by atoms with Crippen LogP contribution in [0.3, 0.4) is 0 Å². The molecule has 1 saturated heterocycles. The first-order chi connectivity index (χ1) is 12.3. The van der Waals surface area contributed by atoms with Crippen molar-refractivity contribution in [2.45, 2.75) is 40.2 Å². The highest BCUT2D eigenvalue weighted by atomic mass is 32.2. The lowest BCUT2D eigenvalue weighted by atomic mass is 10.2. The van der Waals surface area contributed by atoms with Crippen molar-refractivity contribution in [2.24, 2.45) is 0 Å². The summed E-state index contributed by atoms with van der Waals surface area (Å²) in [7, 11) is -3.01. The second kappa shape index (κ2) is 7.50. The van der Waals surface area contributed by atoms with Crippen molar-refractivity contribution in [3.05, 3.63) is 17.1 Å². The summed E-state index contributed by atoms with van der Waals surface area (Å²) in [5.41, 5.74) is 9.75. The highest BCUT2D eigenvalue weighted by molar-refractivity contribution is 7.89. The normalized spacial score (nSPS) is 17.3. The molecule has 0 radical (unpaired) electrons. The minimum Gasteiger partial charge on any atom is -0.382 e. The number of hydrogen-bond acceptors (Lipinski definition) is 6. The lowest BCUT2D eigenvalue weighted by molar-refractivity contribution is 0.121. The van der Waals surface area contributed by atoms with Gasteiger partial charge in [-0.1, -0.05) is 0 Å². The Morgan fingerprint density at radius 3 is 2.62 bits per heavy atom. The highest BCUT2D eigenvalue weighted by Gasteiger charge is 2.27. The summed E-state index contributed by atoms with van der Waals surface area (Å²) in [5.74, 6) is 1.61. The molecule has 0 aliphatic carbocycles. The average Bonchev–Trinajstić information content (AvgIpc) is 3.08. The van der Waals surface area contributed by atoms with Crippen LogP contribution in [0, 0.1) is 20.8 Å². The molecule has 0 amide bonds. The molecule has 1 aliphatic heterocycles. The predicted molar refractivity (Wildman–Crippen MR) is 102 cm³/mol. The summed E-state index contributed by atoms with van der Waals surface area (Å²) in [5, 5.41) is 0. The molecule has 0 saturated carbocycles. The third-order valence-corrected chi connectivity index (χ3v) is 6.90. The van der Waals surface area contributed by atoms with Crippen molar-refractivity contribution in [3.63, 3.8) is 0 Å². The number of fused-ring (bicyclic) bond motifs is 1. The number of nitrogens with zero attached hydrogens (tertiary/aromatic N) is 4. The molecule has 0 unspecified atom stereocenters. The molecule has 2 aromatic rings. The summed E-state index contributed by atoms with van der Waals surface area (Å²) in [6.07, 6.45) is 1.44. The maximum absolute atomic E-state index is 11.7. The maximum Gasteiger partial charge on any atom is 0.214 e. The first-order valence-corrected chi connectivity index (χ1v) is 10.6. The van der Waals surface area contributed by atoms with Crippen molar-refractivity contribution in [1.29, 1.82) is 0 Å². The minimum absolute atomic E-state index is 0.275. The van der Waals surface area contributed by atoms with E-state index in [4.69, 9.17) is 10.5 Å². The number of hydrogen-bond donors (Lipinski definition) is 1. The fourth-order valence-electron chi connectivity index (χ4n) is 3.43. The van der Waals surface area contributed by atoms with Crippen LogP contribution in [0.25, 0.3) is 11.0 Å². The van der Waals surface area contributed by atoms with E-state index in [0.717, 1.165) is 34.5 Å². The summed E-state index contributed by atoms with van der Waals surface area (Å²) in [6, 6.07) is 0. The Bertz CT molecular complexity index is 907. The van der Waals surface area contributed by atoms with E-state index in [9.17, 15) is 8.42 Å².